The summed E-state index contributed by atoms with van der Waals surface area (Å²) in [5.41, 5.74) is 1.16. The van der Waals surface area contributed by atoms with Crippen LogP contribution in [0.5, 0.6) is 0 Å². The van der Waals surface area contributed by atoms with Crippen LogP contribution in [-0.4, -0.2) is 10.7 Å². The predicted octanol–water partition coefficient (Wildman–Crippen LogP) is 2.02. The first-order valence-electron chi connectivity index (χ1n) is 3.45. The Kier molecular flexibility index (Phi) is 1.45. The van der Waals surface area contributed by atoms with Crippen molar-refractivity contribution in [3.05, 3.63) is 11.6 Å². The third-order valence-electron chi connectivity index (χ3n) is 1.56. The molecule has 0 N–H and O–H groups in total. The first-order valence-corrected chi connectivity index (χ1v) is 4.44. The number of hydrogen-bond donors (Lipinski definition) is 0. The summed E-state index contributed by atoms with van der Waals surface area (Å²) in [6.45, 7) is 1.90. The zero-order valence-electron chi connectivity index (χ0n) is 5.89. The summed E-state index contributed by atoms with van der Waals surface area (Å²) in [6, 6.07) is 0. The van der Waals surface area contributed by atoms with Gasteiger partial charge in [-0.2, -0.15) is 0 Å². The number of aromatic nitrogens is 1. The van der Waals surface area contributed by atoms with Gasteiger partial charge in [0.2, 0.25) is 0 Å². The fourth-order valence-electron chi connectivity index (χ4n) is 1.13. The van der Waals surface area contributed by atoms with Gasteiger partial charge < -0.3 is 4.42 Å². The fourth-order valence-corrected chi connectivity index (χ4v) is 2.09. The van der Waals surface area contributed by atoms with Crippen LogP contribution < -0.4 is 0 Å². The van der Waals surface area contributed by atoms with E-state index >= 15 is 0 Å². The molecule has 0 saturated carbocycles. The van der Waals surface area contributed by atoms with E-state index in [2.05, 4.69) is 4.98 Å². The molecule has 0 unspecified atom stereocenters. The maximum Gasteiger partial charge on any atom is 0.192 e. The normalized spacial score (nSPS) is 16.9. The molecule has 0 amide bonds. The van der Waals surface area contributed by atoms with Crippen molar-refractivity contribution in [1.82, 2.24) is 4.98 Å². The van der Waals surface area contributed by atoms with Crippen LogP contribution in [0.15, 0.2) is 9.51 Å². The number of thioether (sulfide) groups is 1. The molecule has 0 radical (unpaired) electrons. The SMILES string of the molecule is Cc1nc2c(o1)SCCC2. The molecule has 1 aliphatic rings. The summed E-state index contributed by atoms with van der Waals surface area (Å²) in [5, 5.41) is 1.05. The molecular formula is C7H9NOS. The summed E-state index contributed by atoms with van der Waals surface area (Å²) >= 11 is 1.78. The fraction of sp³-hybridized carbons (Fsp3) is 0.571. The Bertz CT molecular complexity index is 220. The number of nitrogens with zero attached hydrogens (tertiary/aromatic N) is 1. The van der Waals surface area contributed by atoms with Crippen LogP contribution in [0.25, 0.3) is 0 Å². The minimum Gasteiger partial charge on any atom is -0.435 e. The van der Waals surface area contributed by atoms with E-state index in [4.69, 9.17) is 4.42 Å². The first-order chi connectivity index (χ1) is 4.86. The lowest BCUT2D eigenvalue weighted by Crippen LogP contribution is -1.95. The second kappa shape index (κ2) is 2.31. The van der Waals surface area contributed by atoms with E-state index in [-0.39, 0.29) is 0 Å². The highest BCUT2D eigenvalue weighted by atomic mass is 32.2. The summed E-state index contributed by atoms with van der Waals surface area (Å²) in [4.78, 5) is 4.26. The minimum atomic E-state index is 0.805. The summed E-state index contributed by atoms with van der Waals surface area (Å²) in [6.07, 6.45) is 2.34. The van der Waals surface area contributed by atoms with Crippen molar-refractivity contribution >= 4 is 11.8 Å². The second-order valence-electron chi connectivity index (χ2n) is 2.42. The molecule has 0 aromatic carbocycles. The molecule has 10 heavy (non-hydrogen) atoms. The average molecular weight is 155 g/mol. The lowest BCUT2D eigenvalue weighted by atomic mass is 10.3. The first kappa shape index (κ1) is 6.28. The van der Waals surface area contributed by atoms with Gasteiger partial charge in [-0.05, 0) is 12.8 Å². The molecule has 0 spiro atoms. The van der Waals surface area contributed by atoms with E-state index in [0.717, 1.165) is 23.1 Å². The van der Waals surface area contributed by atoms with Gasteiger partial charge in [0.25, 0.3) is 0 Å². The molecule has 0 bridgehead atoms. The summed E-state index contributed by atoms with van der Waals surface area (Å²) < 4.78 is 5.36. The van der Waals surface area contributed by atoms with E-state index in [9.17, 15) is 0 Å². The van der Waals surface area contributed by atoms with Gasteiger partial charge >= 0.3 is 0 Å². The van der Waals surface area contributed by atoms with E-state index in [1.807, 2.05) is 6.92 Å². The van der Waals surface area contributed by atoms with Crippen molar-refractivity contribution in [2.24, 2.45) is 0 Å². The zero-order chi connectivity index (χ0) is 6.97. The van der Waals surface area contributed by atoms with Gasteiger partial charge in [-0.25, -0.2) is 4.98 Å². The highest BCUT2D eigenvalue weighted by Gasteiger charge is 2.15. The van der Waals surface area contributed by atoms with Crippen molar-refractivity contribution in [2.75, 3.05) is 5.75 Å². The van der Waals surface area contributed by atoms with Crippen molar-refractivity contribution in [3.63, 3.8) is 0 Å². The molecular weight excluding hydrogens is 146 g/mol. The van der Waals surface area contributed by atoms with Gasteiger partial charge in [0, 0.05) is 12.7 Å². The monoisotopic (exact) mass is 155 g/mol. The van der Waals surface area contributed by atoms with Crippen molar-refractivity contribution in [2.45, 2.75) is 24.9 Å². The van der Waals surface area contributed by atoms with E-state index in [0.29, 0.717) is 0 Å². The lowest BCUT2D eigenvalue weighted by molar-refractivity contribution is 0.436. The van der Waals surface area contributed by atoms with Crippen LogP contribution in [0.4, 0.5) is 0 Å². The Hall–Kier alpha value is -0.440. The molecule has 0 aliphatic carbocycles. The smallest absolute Gasteiger partial charge is 0.192 e. The highest BCUT2D eigenvalue weighted by molar-refractivity contribution is 7.99. The molecule has 2 heterocycles. The molecule has 1 aliphatic heterocycles. The molecule has 0 saturated heterocycles. The van der Waals surface area contributed by atoms with Gasteiger partial charge in [0.05, 0.1) is 5.69 Å². The number of oxazole rings is 1. The van der Waals surface area contributed by atoms with Crippen LogP contribution in [0.2, 0.25) is 0 Å². The van der Waals surface area contributed by atoms with Crippen LogP contribution in [0.1, 0.15) is 18.0 Å². The maximum absolute atomic E-state index is 5.36. The molecule has 3 heteroatoms. The van der Waals surface area contributed by atoms with Gasteiger partial charge in [0.15, 0.2) is 11.0 Å². The summed E-state index contributed by atoms with van der Waals surface area (Å²) in [7, 11) is 0. The van der Waals surface area contributed by atoms with E-state index in [1.54, 1.807) is 11.8 Å². The Morgan fingerprint density at radius 2 is 2.50 bits per heavy atom. The second-order valence-corrected chi connectivity index (χ2v) is 3.49. The highest BCUT2D eigenvalue weighted by Crippen LogP contribution is 2.29. The Labute approximate surface area is 64.0 Å². The molecule has 2 nitrogen and oxygen atoms in total. The molecule has 2 rings (SSSR count). The zero-order valence-corrected chi connectivity index (χ0v) is 6.70. The number of fused-ring (bicyclic) bond motifs is 1. The Morgan fingerprint density at radius 1 is 1.60 bits per heavy atom. The van der Waals surface area contributed by atoms with Gasteiger partial charge in [-0.3, -0.25) is 0 Å². The largest absolute Gasteiger partial charge is 0.435 e. The Balaban J connectivity index is 2.41. The number of hydrogen-bond acceptors (Lipinski definition) is 3. The van der Waals surface area contributed by atoms with E-state index in [1.165, 1.54) is 12.2 Å². The molecule has 1 aromatic heterocycles. The van der Waals surface area contributed by atoms with Gasteiger partial charge in [-0.1, -0.05) is 11.8 Å². The van der Waals surface area contributed by atoms with Crippen molar-refractivity contribution < 1.29 is 4.42 Å². The van der Waals surface area contributed by atoms with Gasteiger partial charge in [-0.15, -0.1) is 0 Å². The molecule has 54 valence electrons. The maximum atomic E-state index is 5.36. The third-order valence-corrected chi connectivity index (χ3v) is 2.63. The van der Waals surface area contributed by atoms with Crippen LogP contribution in [0, 0.1) is 6.92 Å². The third kappa shape index (κ3) is 0.944. The minimum absolute atomic E-state index is 0.805. The predicted molar refractivity (Wildman–Crippen MR) is 40.3 cm³/mol. The molecule has 1 aromatic rings. The van der Waals surface area contributed by atoms with Gasteiger partial charge in [0.1, 0.15) is 0 Å². The standard InChI is InChI=1S/C7H9NOS/c1-5-8-6-3-2-4-10-7(6)9-5/h2-4H2,1H3. The van der Waals surface area contributed by atoms with Crippen LogP contribution in [-0.2, 0) is 6.42 Å². The topological polar surface area (TPSA) is 26.0 Å². The number of rotatable bonds is 0. The Morgan fingerprint density at radius 3 is 3.30 bits per heavy atom. The van der Waals surface area contributed by atoms with Crippen LogP contribution >= 0.6 is 11.8 Å². The van der Waals surface area contributed by atoms with Crippen molar-refractivity contribution in [1.29, 1.82) is 0 Å². The molecule has 0 atom stereocenters. The molecule has 0 fully saturated rings. The quantitative estimate of drug-likeness (QED) is 0.573. The average Bonchev–Trinajstić information content (AvgIpc) is 2.27. The summed E-state index contributed by atoms with van der Waals surface area (Å²) in [5.74, 6) is 1.99. The lowest BCUT2D eigenvalue weighted by Gasteiger charge is -2.04. The van der Waals surface area contributed by atoms with E-state index < -0.39 is 0 Å². The number of aryl methyl sites for hydroxylation is 2. The van der Waals surface area contributed by atoms with Crippen LogP contribution in [0.3, 0.4) is 0 Å². The van der Waals surface area contributed by atoms with Crippen molar-refractivity contribution in [3.8, 4) is 0 Å².